The van der Waals surface area contributed by atoms with Crippen LogP contribution in [0.15, 0.2) is 0 Å². The number of hydrogen-bond acceptors (Lipinski definition) is 3. The second-order valence-corrected chi connectivity index (χ2v) is 5.90. The van der Waals surface area contributed by atoms with E-state index in [2.05, 4.69) is 5.32 Å². The number of hydrogen-bond donors (Lipinski definition) is 2. The quantitative estimate of drug-likeness (QED) is 0.801. The van der Waals surface area contributed by atoms with Crippen LogP contribution >= 0.6 is 0 Å². The third kappa shape index (κ3) is 4.64. The Morgan fingerprint density at radius 2 is 2.06 bits per heavy atom. The van der Waals surface area contributed by atoms with Gasteiger partial charge in [0.15, 0.2) is 0 Å². The van der Waals surface area contributed by atoms with E-state index in [0.29, 0.717) is 6.61 Å². The van der Waals surface area contributed by atoms with E-state index in [4.69, 9.17) is 9.84 Å². The molecule has 1 aliphatic heterocycles. The van der Waals surface area contributed by atoms with Crippen LogP contribution in [-0.2, 0) is 14.3 Å². The molecule has 1 fully saturated rings. The zero-order valence-electron chi connectivity index (χ0n) is 11.4. The number of carbonyl (C=O) groups excluding carboxylic acids is 1. The highest BCUT2D eigenvalue weighted by molar-refractivity contribution is 5.84. The first-order chi connectivity index (χ1) is 8.30. The molecule has 0 aromatic heterocycles. The average Bonchev–Trinajstić information content (AvgIpc) is 2.25. The fourth-order valence-electron chi connectivity index (χ4n) is 2.04. The van der Waals surface area contributed by atoms with E-state index in [9.17, 15) is 9.59 Å². The van der Waals surface area contributed by atoms with Crippen molar-refractivity contribution in [2.24, 2.45) is 5.41 Å². The molecule has 1 heterocycles. The third-order valence-corrected chi connectivity index (χ3v) is 3.11. The van der Waals surface area contributed by atoms with E-state index in [1.165, 1.54) is 0 Å². The van der Waals surface area contributed by atoms with Crippen LogP contribution in [0.5, 0.6) is 0 Å². The Balaban J connectivity index is 2.48. The minimum atomic E-state index is -1.000. The molecule has 0 aromatic rings. The molecule has 1 amide bonds. The summed E-state index contributed by atoms with van der Waals surface area (Å²) in [7, 11) is 0. The molecular weight excluding hydrogens is 234 g/mol. The predicted molar refractivity (Wildman–Crippen MR) is 67.2 cm³/mol. The Morgan fingerprint density at radius 1 is 1.39 bits per heavy atom. The first-order valence-corrected chi connectivity index (χ1v) is 6.44. The standard InChI is InChI=1S/C13H23NO4/c1-13(2,3)11(12(16)17)14-10(15)8-9-6-4-5-7-18-9/h9,11H,4-8H2,1-3H3,(H,14,15)(H,16,17)/t9?,11-/m0/s1. The van der Waals surface area contributed by atoms with Gasteiger partial charge in [0.05, 0.1) is 12.5 Å². The smallest absolute Gasteiger partial charge is 0.326 e. The molecular formula is C13H23NO4. The van der Waals surface area contributed by atoms with Gasteiger partial charge < -0.3 is 15.2 Å². The lowest BCUT2D eigenvalue weighted by Crippen LogP contribution is -2.49. The van der Waals surface area contributed by atoms with Crippen molar-refractivity contribution in [2.75, 3.05) is 6.61 Å². The second kappa shape index (κ2) is 6.18. The Bertz CT molecular complexity index is 303. The summed E-state index contributed by atoms with van der Waals surface area (Å²) >= 11 is 0. The molecule has 0 spiro atoms. The van der Waals surface area contributed by atoms with E-state index >= 15 is 0 Å². The first kappa shape index (κ1) is 15.0. The maximum absolute atomic E-state index is 11.8. The predicted octanol–water partition coefficient (Wildman–Crippen LogP) is 1.56. The van der Waals surface area contributed by atoms with Crippen molar-refractivity contribution in [3.05, 3.63) is 0 Å². The summed E-state index contributed by atoms with van der Waals surface area (Å²) in [5.74, 6) is -1.25. The molecule has 1 unspecified atom stereocenters. The van der Waals surface area contributed by atoms with Gasteiger partial charge in [0.2, 0.25) is 5.91 Å². The molecule has 0 aromatic carbocycles. The van der Waals surface area contributed by atoms with Crippen LogP contribution in [0.25, 0.3) is 0 Å². The summed E-state index contributed by atoms with van der Waals surface area (Å²) in [6.45, 7) is 6.08. The largest absolute Gasteiger partial charge is 0.480 e. The average molecular weight is 257 g/mol. The van der Waals surface area contributed by atoms with E-state index in [1.807, 2.05) is 0 Å². The van der Waals surface area contributed by atoms with E-state index in [0.717, 1.165) is 19.3 Å². The van der Waals surface area contributed by atoms with Gasteiger partial charge >= 0.3 is 5.97 Å². The summed E-state index contributed by atoms with van der Waals surface area (Å²) in [6.07, 6.45) is 3.17. The fourth-order valence-corrected chi connectivity index (χ4v) is 2.04. The van der Waals surface area contributed by atoms with E-state index < -0.39 is 17.4 Å². The van der Waals surface area contributed by atoms with Crippen LogP contribution in [0.4, 0.5) is 0 Å². The summed E-state index contributed by atoms with van der Waals surface area (Å²) in [6, 6.07) is -0.867. The fraction of sp³-hybridized carbons (Fsp3) is 0.846. The molecule has 0 aliphatic carbocycles. The molecule has 2 N–H and O–H groups in total. The minimum absolute atomic E-state index is 0.0619. The zero-order valence-corrected chi connectivity index (χ0v) is 11.4. The normalized spacial score (nSPS) is 22.3. The van der Waals surface area contributed by atoms with Gasteiger partial charge in [0.1, 0.15) is 6.04 Å². The molecule has 1 rings (SSSR count). The van der Waals surface area contributed by atoms with Gasteiger partial charge in [0.25, 0.3) is 0 Å². The summed E-state index contributed by atoms with van der Waals surface area (Å²) < 4.78 is 5.47. The third-order valence-electron chi connectivity index (χ3n) is 3.11. The molecule has 1 saturated heterocycles. The number of carboxylic acid groups (broad SMARTS) is 1. The summed E-state index contributed by atoms with van der Waals surface area (Å²) in [5, 5.41) is 11.7. The lowest BCUT2D eigenvalue weighted by Gasteiger charge is -2.29. The maximum atomic E-state index is 11.8. The molecule has 0 radical (unpaired) electrons. The molecule has 5 nitrogen and oxygen atoms in total. The topological polar surface area (TPSA) is 75.6 Å². The summed E-state index contributed by atoms with van der Waals surface area (Å²) in [4.78, 5) is 22.9. The van der Waals surface area contributed by atoms with Gasteiger partial charge in [-0.15, -0.1) is 0 Å². The van der Waals surface area contributed by atoms with Gasteiger partial charge in [-0.2, -0.15) is 0 Å². The number of nitrogens with one attached hydrogen (secondary N) is 1. The highest BCUT2D eigenvalue weighted by Crippen LogP contribution is 2.20. The highest BCUT2D eigenvalue weighted by Gasteiger charge is 2.33. The highest BCUT2D eigenvalue weighted by atomic mass is 16.5. The number of carboxylic acids is 1. The van der Waals surface area contributed by atoms with Crippen molar-refractivity contribution in [1.29, 1.82) is 0 Å². The monoisotopic (exact) mass is 257 g/mol. The van der Waals surface area contributed by atoms with Crippen molar-refractivity contribution in [1.82, 2.24) is 5.32 Å². The van der Waals surface area contributed by atoms with Crippen LogP contribution in [-0.4, -0.2) is 35.7 Å². The van der Waals surface area contributed by atoms with E-state index in [1.54, 1.807) is 20.8 Å². The van der Waals surface area contributed by atoms with Gasteiger partial charge in [-0.3, -0.25) is 4.79 Å². The molecule has 18 heavy (non-hydrogen) atoms. The van der Waals surface area contributed by atoms with Crippen molar-refractivity contribution in [2.45, 2.75) is 58.6 Å². The Kier molecular flexibility index (Phi) is 5.14. The summed E-state index contributed by atoms with van der Waals surface area (Å²) in [5.41, 5.74) is -0.505. The SMILES string of the molecule is CC(C)(C)[C@@H](NC(=O)CC1CCCCO1)C(=O)O. The van der Waals surface area contributed by atoms with Crippen LogP contribution in [0.3, 0.4) is 0 Å². The molecule has 1 aliphatic rings. The van der Waals surface area contributed by atoms with Crippen LogP contribution in [0.2, 0.25) is 0 Å². The Hall–Kier alpha value is -1.10. The number of aliphatic carboxylic acids is 1. The van der Waals surface area contributed by atoms with Gasteiger partial charge in [0, 0.05) is 6.61 Å². The Labute approximate surface area is 108 Å². The van der Waals surface area contributed by atoms with Gasteiger partial charge in [-0.25, -0.2) is 4.79 Å². The van der Waals surface area contributed by atoms with Crippen molar-refractivity contribution in [3.63, 3.8) is 0 Å². The lowest BCUT2D eigenvalue weighted by molar-refractivity contribution is -0.145. The molecule has 104 valence electrons. The van der Waals surface area contributed by atoms with Crippen LogP contribution in [0.1, 0.15) is 46.5 Å². The first-order valence-electron chi connectivity index (χ1n) is 6.44. The van der Waals surface area contributed by atoms with Crippen molar-refractivity contribution < 1.29 is 19.4 Å². The van der Waals surface area contributed by atoms with Crippen LogP contribution in [0, 0.1) is 5.41 Å². The van der Waals surface area contributed by atoms with Crippen molar-refractivity contribution >= 4 is 11.9 Å². The van der Waals surface area contributed by atoms with Crippen molar-refractivity contribution in [3.8, 4) is 0 Å². The number of amides is 1. The molecule has 2 atom stereocenters. The van der Waals surface area contributed by atoms with Gasteiger partial charge in [-0.1, -0.05) is 20.8 Å². The zero-order chi connectivity index (χ0) is 13.8. The maximum Gasteiger partial charge on any atom is 0.326 e. The Morgan fingerprint density at radius 3 is 2.50 bits per heavy atom. The molecule has 0 saturated carbocycles. The number of carbonyl (C=O) groups is 2. The molecule has 0 bridgehead atoms. The number of ether oxygens (including phenoxy) is 1. The van der Waals surface area contributed by atoms with Gasteiger partial charge in [-0.05, 0) is 24.7 Å². The molecule has 5 heteroatoms. The second-order valence-electron chi connectivity index (χ2n) is 5.90. The van der Waals surface area contributed by atoms with E-state index in [-0.39, 0.29) is 18.4 Å². The minimum Gasteiger partial charge on any atom is -0.480 e. The van der Waals surface area contributed by atoms with Crippen LogP contribution < -0.4 is 5.32 Å². The number of rotatable bonds is 4. The lowest BCUT2D eigenvalue weighted by atomic mass is 9.86.